The quantitative estimate of drug-likeness (QED) is 0.341. The number of amides is 1. The topological polar surface area (TPSA) is 136 Å². The molecule has 1 saturated heterocycles. The zero-order chi connectivity index (χ0) is 27.6. The molecule has 1 aromatic carbocycles. The zero-order valence-corrected chi connectivity index (χ0v) is 20.4. The summed E-state index contributed by atoms with van der Waals surface area (Å²) in [6, 6.07) is 2.96. The molecule has 0 aliphatic carbocycles. The number of nitrogens with one attached hydrogen (secondary N) is 1. The number of hydrogen-bond acceptors (Lipinski definition) is 7. The Morgan fingerprint density at radius 1 is 1.18 bits per heavy atom. The van der Waals surface area contributed by atoms with Gasteiger partial charge in [-0.1, -0.05) is 0 Å². The molecule has 38 heavy (non-hydrogen) atoms. The predicted octanol–water partition coefficient (Wildman–Crippen LogP) is 2.74. The Balaban J connectivity index is 1.62. The van der Waals surface area contributed by atoms with Crippen LogP contribution in [-0.2, 0) is 11.8 Å². The lowest BCUT2D eigenvalue weighted by Crippen LogP contribution is -2.32. The molecule has 1 amide bonds. The van der Waals surface area contributed by atoms with Gasteiger partial charge in [0.05, 0.1) is 43.0 Å². The Morgan fingerprint density at radius 3 is 2.53 bits per heavy atom. The third-order valence-corrected chi connectivity index (χ3v) is 6.51. The van der Waals surface area contributed by atoms with Crippen molar-refractivity contribution in [2.75, 3.05) is 25.1 Å². The van der Waals surface area contributed by atoms with Gasteiger partial charge >= 0.3 is 0 Å². The molecule has 5 N–H and O–H groups in total. The maximum Gasteiger partial charge on any atom is 0.274 e. The van der Waals surface area contributed by atoms with Gasteiger partial charge in [0.1, 0.15) is 41.1 Å². The van der Waals surface area contributed by atoms with E-state index in [1.165, 1.54) is 10.9 Å². The van der Waals surface area contributed by atoms with Crippen LogP contribution in [0.1, 0.15) is 46.6 Å². The van der Waals surface area contributed by atoms with Crippen LogP contribution < -0.4 is 11.1 Å². The molecular weight excluding hydrogens is 510 g/mol. The number of halogens is 4. The van der Waals surface area contributed by atoms with Gasteiger partial charge in [0.25, 0.3) is 5.91 Å². The molecule has 3 heterocycles. The second-order valence-corrected chi connectivity index (χ2v) is 9.05. The molecule has 0 saturated carbocycles. The van der Waals surface area contributed by atoms with Gasteiger partial charge in [0, 0.05) is 19.0 Å². The molecule has 3 aromatic rings. The highest BCUT2D eigenvalue weighted by Gasteiger charge is 2.30. The van der Waals surface area contributed by atoms with Crippen LogP contribution in [0, 0.1) is 17.5 Å². The van der Waals surface area contributed by atoms with Crippen LogP contribution in [0.5, 0.6) is 0 Å². The highest BCUT2D eigenvalue weighted by atomic mass is 19.1. The zero-order valence-electron chi connectivity index (χ0n) is 20.4. The summed E-state index contributed by atoms with van der Waals surface area (Å²) in [6.45, 7) is -1.33. The number of aromatic nitrogens is 3. The van der Waals surface area contributed by atoms with Crippen LogP contribution in [-0.4, -0.2) is 62.9 Å². The summed E-state index contributed by atoms with van der Waals surface area (Å²) in [4.78, 5) is 16.9. The summed E-state index contributed by atoms with van der Waals surface area (Å²) in [6.07, 6.45) is 0.145. The number of nitrogens with two attached hydrogens (primary N) is 1. The van der Waals surface area contributed by atoms with Crippen LogP contribution in [0.4, 0.5) is 23.2 Å². The highest BCUT2D eigenvalue weighted by molar-refractivity contribution is 6.03. The monoisotopic (exact) mass is 537 g/mol. The van der Waals surface area contributed by atoms with E-state index in [0.717, 1.165) is 24.3 Å². The van der Waals surface area contributed by atoms with E-state index in [-0.39, 0.29) is 23.6 Å². The van der Waals surface area contributed by atoms with Gasteiger partial charge in [-0.3, -0.25) is 9.48 Å². The lowest BCUT2D eigenvalue weighted by atomic mass is 9.97. The van der Waals surface area contributed by atoms with Crippen molar-refractivity contribution in [3.63, 3.8) is 0 Å². The number of aliphatic hydroxyl groups excluding tert-OH is 2. The molecule has 1 fully saturated rings. The first-order valence-corrected chi connectivity index (χ1v) is 11.9. The molecule has 4 rings (SSSR count). The summed E-state index contributed by atoms with van der Waals surface area (Å²) >= 11 is 0. The van der Waals surface area contributed by atoms with Crippen molar-refractivity contribution >= 4 is 11.6 Å². The third-order valence-electron chi connectivity index (χ3n) is 6.51. The molecule has 13 heteroatoms. The van der Waals surface area contributed by atoms with Crippen molar-refractivity contribution < 1.29 is 37.3 Å². The minimum atomic E-state index is -1.33. The molecule has 1 aliphatic heterocycles. The molecule has 1 aliphatic rings. The predicted molar refractivity (Wildman–Crippen MR) is 128 cm³/mol. The second-order valence-electron chi connectivity index (χ2n) is 9.05. The molecule has 9 nitrogen and oxygen atoms in total. The summed E-state index contributed by atoms with van der Waals surface area (Å²) < 4.78 is 65.5. The van der Waals surface area contributed by atoms with Gasteiger partial charge in [0.2, 0.25) is 0 Å². The fourth-order valence-corrected chi connectivity index (χ4v) is 4.33. The van der Waals surface area contributed by atoms with Gasteiger partial charge in [-0.15, -0.1) is 0 Å². The first-order valence-electron chi connectivity index (χ1n) is 11.9. The average molecular weight is 538 g/mol. The Morgan fingerprint density at radius 2 is 1.87 bits per heavy atom. The molecule has 0 radical (unpaired) electrons. The number of hydrogen-bond donors (Lipinski definition) is 4. The minimum absolute atomic E-state index is 0.0204. The van der Waals surface area contributed by atoms with Gasteiger partial charge < -0.3 is 26.0 Å². The van der Waals surface area contributed by atoms with Crippen LogP contribution in [0.25, 0.3) is 11.3 Å². The Hall–Kier alpha value is -3.39. The maximum atomic E-state index is 14.9. The number of nitrogens with zero attached hydrogens (tertiary/aromatic N) is 3. The van der Waals surface area contributed by atoms with Crippen molar-refractivity contribution in [1.29, 1.82) is 0 Å². The number of aliphatic hydroxyl groups is 2. The number of ether oxygens (including phenoxy) is 1. The van der Waals surface area contributed by atoms with E-state index in [1.807, 2.05) is 0 Å². The summed E-state index contributed by atoms with van der Waals surface area (Å²) in [5.41, 5.74) is 4.60. The standard InChI is InChI=1S/C25H27F4N5O4/c1-34-24(21-5-3-18(30)17(29)11-38-21)20(8-31-34)33-25(37)19-4-2-14(26)23(32-19)22-15(27)6-12(7-16(22)28)13(9-35)10-36/h2,4,6-8,13,17-18,21,35-36H,3,5,9-11,30H2,1H3,(H,33,37)/t17-,18-,21+/m1/s1. The molecule has 0 spiro atoms. The number of rotatable bonds is 7. The Labute approximate surface area is 215 Å². The first kappa shape index (κ1) is 27.6. The van der Waals surface area contributed by atoms with Crippen molar-refractivity contribution in [1.82, 2.24) is 14.8 Å². The summed E-state index contributed by atoms with van der Waals surface area (Å²) in [5, 5.41) is 25.3. The summed E-state index contributed by atoms with van der Waals surface area (Å²) in [5.74, 6) is -5.17. The van der Waals surface area contributed by atoms with E-state index in [1.54, 1.807) is 7.05 Å². The molecule has 0 unspecified atom stereocenters. The number of pyridine rings is 1. The van der Waals surface area contributed by atoms with Crippen molar-refractivity contribution in [2.45, 2.75) is 37.1 Å². The van der Waals surface area contributed by atoms with E-state index in [2.05, 4.69) is 15.4 Å². The number of alkyl halides is 1. The SMILES string of the molecule is Cn1ncc(NC(=O)c2ccc(F)c(-c3c(F)cc(C(CO)CO)cc3F)n2)c1[C@@H]1CC[C@@H](N)[C@H](F)CO1. The Kier molecular flexibility index (Phi) is 8.41. The van der Waals surface area contributed by atoms with Crippen LogP contribution in [0.15, 0.2) is 30.5 Å². The molecular formula is C25H27F4N5O4. The number of carbonyl (C=O) groups excluding carboxylic acids is 1. The highest BCUT2D eigenvalue weighted by Crippen LogP contribution is 2.33. The normalized spacial score (nSPS) is 20.0. The lowest BCUT2D eigenvalue weighted by molar-refractivity contribution is 0.0247. The van der Waals surface area contributed by atoms with Crippen LogP contribution >= 0.6 is 0 Å². The lowest BCUT2D eigenvalue weighted by Gasteiger charge is -2.18. The van der Waals surface area contributed by atoms with Gasteiger partial charge in [-0.05, 0) is 42.7 Å². The second kappa shape index (κ2) is 11.6. The number of anilines is 1. The van der Waals surface area contributed by atoms with Crippen LogP contribution in [0.2, 0.25) is 0 Å². The number of benzene rings is 1. The van der Waals surface area contributed by atoms with E-state index < -0.39 is 72.1 Å². The van der Waals surface area contributed by atoms with E-state index in [0.29, 0.717) is 18.5 Å². The summed E-state index contributed by atoms with van der Waals surface area (Å²) in [7, 11) is 1.62. The third kappa shape index (κ3) is 5.55. The minimum Gasteiger partial charge on any atom is -0.396 e. The molecule has 0 bridgehead atoms. The van der Waals surface area contributed by atoms with Crippen molar-refractivity contribution in [3.05, 3.63) is 64.9 Å². The molecule has 2 aromatic heterocycles. The first-order chi connectivity index (χ1) is 18.1. The van der Waals surface area contributed by atoms with Crippen molar-refractivity contribution in [3.8, 4) is 11.3 Å². The van der Waals surface area contributed by atoms with Gasteiger partial charge in [-0.25, -0.2) is 22.5 Å². The van der Waals surface area contributed by atoms with E-state index >= 15 is 0 Å². The molecule has 3 atom stereocenters. The fraction of sp³-hybridized carbons (Fsp3) is 0.400. The molecule has 204 valence electrons. The number of aryl methyl sites for hydroxylation is 1. The average Bonchev–Trinajstić information content (AvgIpc) is 3.15. The van der Waals surface area contributed by atoms with Gasteiger partial charge in [0.15, 0.2) is 0 Å². The Bertz CT molecular complexity index is 1280. The smallest absolute Gasteiger partial charge is 0.274 e. The number of carbonyl (C=O) groups is 1. The van der Waals surface area contributed by atoms with E-state index in [9.17, 15) is 32.6 Å². The van der Waals surface area contributed by atoms with Crippen LogP contribution in [0.3, 0.4) is 0 Å². The maximum absolute atomic E-state index is 14.9. The van der Waals surface area contributed by atoms with Gasteiger partial charge in [-0.2, -0.15) is 5.10 Å². The largest absolute Gasteiger partial charge is 0.396 e. The van der Waals surface area contributed by atoms with Crippen molar-refractivity contribution in [2.24, 2.45) is 12.8 Å². The van der Waals surface area contributed by atoms with E-state index in [4.69, 9.17) is 10.5 Å². The fourth-order valence-electron chi connectivity index (χ4n) is 4.33.